The van der Waals surface area contributed by atoms with Crippen molar-refractivity contribution in [2.24, 2.45) is 0 Å². The highest BCUT2D eigenvalue weighted by Crippen LogP contribution is 2.30. The summed E-state index contributed by atoms with van der Waals surface area (Å²) in [4.78, 5) is 3.22. The molecule has 3 aromatic rings. The highest BCUT2D eigenvalue weighted by molar-refractivity contribution is 7.91. The van der Waals surface area contributed by atoms with Crippen molar-refractivity contribution in [3.05, 3.63) is 60.0 Å². The predicted octanol–water partition coefficient (Wildman–Crippen LogP) is 4.00. The van der Waals surface area contributed by atoms with Gasteiger partial charge in [-0.3, -0.25) is 0 Å². The Bertz CT molecular complexity index is 913. The SMILES string of the molecule is [O-][S+](c1[c]ccc(-c2noc(C(F)(F)F)n2)c1)c1ccc(F)c(F)c1. The molecule has 0 saturated heterocycles. The number of rotatable bonds is 3. The van der Waals surface area contributed by atoms with Crippen LogP contribution in [0.5, 0.6) is 0 Å². The normalized spacial score (nSPS) is 13.0. The van der Waals surface area contributed by atoms with Gasteiger partial charge in [-0.1, -0.05) is 11.2 Å². The standard InChI is InChI=1S/C15H6F5N2O2S/c16-11-5-4-10(7-12(11)17)25(23)9-3-1-2-8(6-9)13-21-14(24-22-13)15(18,19)20/h1-2,4-7H. The number of hydrogen-bond donors (Lipinski definition) is 0. The molecule has 1 atom stereocenters. The molecule has 0 aliphatic carbocycles. The molecule has 0 aliphatic heterocycles. The maximum absolute atomic E-state index is 13.3. The minimum absolute atomic E-state index is 0.0295. The lowest BCUT2D eigenvalue weighted by molar-refractivity contribution is -0.159. The molecule has 1 heterocycles. The third kappa shape index (κ3) is 3.64. The van der Waals surface area contributed by atoms with Crippen molar-refractivity contribution in [3.8, 4) is 11.4 Å². The van der Waals surface area contributed by atoms with E-state index in [0.29, 0.717) is 0 Å². The van der Waals surface area contributed by atoms with E-state index < -0.39 is 34.9 Å². The second kappa shape index (κ2) is 6.45. The average molecular weight is 373 g/mol. The summed E-state index contributed by atoms with van der Waals surface area (Å²) in [5, 5.41) is 3.22. The van der Waals surface area contributed by atoms with Crippen LogP contribution < -0.4 is 0 Å². The van der Waals surface area contributed by atoms with Crippen molar-refractivity contribution >= 4 is 11.2 Å². The maximum Gasteiger partial charge on any atom is 0.471 e. The molecule has 1 radical (unpaired) electrons. The van der Waals surface area contributed by atoms with Gasteiger partial charge in [0.2, 0.25) is 5.82 Å². The van der Waals surface area contributed by atoms with E-state index in [9.17, 15) is 26.5 Å². The molecule has 10 heteroatoms. The van der Waals surface area contributed by atoms with Crippen molar-refractivity contribution in [2.45, 2.75) is 16.0 Å². The number of benzene rings is 2. The van der Waals surface area contributed by atoms with Crippen LogP contribution >= 0.6 is 0 Å². The van der Waals surface area contributed by atoms with Crippen LogP contribution in [0.3, 0.4) is 0 Å². The molecule has 0 aliphatic rings. The number of aromatic nitrogens is 2. The Morgan fingerprint density at radius 3 is 2.48 bits per heavy atom. The average Bonchev–Trinajstić information content (AvgIpc) is 3.07. The van der Waals surface area contributed by atoms with Gasteiger partial charge in [-0.05, 0) is 18.2 Å². The number of hydrogen-bond acceptors (Lipinski definition) is 4. The van der Waals surface area contributed by atoms with Crippen LogP contribution in [0.4, 0.5) is 22.0 Å². The fraction of sp³-hybridized carbons (Fsp3) is 0.0667. The summed E-state index contributed by atoms with van der Waals surface area (Å²) < 4.78 is 80.2. The van der Waals surface area contributed by atoms with Crippen molar-refractivity contribution in [1.29, 1.82) is 0 Å². The molecular weight excluding hydrogens is 367 g/mol. The van der Waals surface area contributed by atoms with Crippen LogP contribution in [0.2, 0.25) is 0 Å². The van der Waals surface area contributed by atoms with E-state index in [1.165, 1.54) is 18.2 Å². The van der Waals surface area contributed by atoms with Gasteiger partial charge in [-0.25, -0.2) is 8.78 Å². The topological polar surface area (TPSA) is 62.0 Å². The monoisotopic (exact) mass is 373 g/mol. The Labute approximate surface area is 140 Å². The lowest BCUT2D eigenvalue weighted by atomic mass is 10.2. The van der Waals surface area contributed by atoms with Gasteiger partial charge < -0.3 is 9.08 Å². The van der Waals surface area contributed by atoms with Gasteiger partial charge in [0.25, 0.3) is 0 Å². The minimum atomic E-state index is -4.79. The molecule has 0 bridgehead atoms. The van der Waals surface area contributed by atoms with Crippen LogP contribution in [-0.4, -0.2) is 14.7 Å². The van der Waals surface area contributed by atoms with Gasteiger partial charge in [0.15, 0.2) is 21.4 Å². The van der Waals surface area contributed by atoms with E-state index >= 15 is 0 Å². The third-order valence-electron chi connectivity index (χ3n) is 3.01. The quantitative estimate of drug-likeness (QED) is 0.514. The first-order chi connectivity index (χ1) is 11.8. The van der Waals surface area contributed by atoms with E-state index in [4.69, 9.17) is 0 Å². The van der Waals surface area contributed by atoms with Crippen LogP contribution in [0.25, 0.3) is 11.4 Å². The first-order valence-electron chi connectivity index (χ1n) is 6.55. The van der Waals surface area contributed by atoms with Gasteiger partial charge >= 0.3 is 12.1 Å². The zero-order valence-corrected chi connectivity index (χ0v) is 12.8. The number of alkyl halides is 3. The molecule has 1 aromatic heterocycles. The van der Waals surface area contributed by atoms with Crippen molar-refractivity contribution in [2.75, 3.05) is 0 Å². The van der Waals surface area contributed by atoms with Crippen LogP contribution in [0.1, 0.15) is 5.89 Å². The molecule has 0 spiro atoms. The predicted molar refractivity (Wildman–Crippen MR) is 74.6 cm³/mol. The summed E-state index contributed by atoms with van der Waals surface area (Å²) in [6, 6.07) is 9.21. The molecule has 0 amide bonds. The van der Waals surface area contributed by atoms with Gasteiger partial charge in [0.1, 0.15) is 0 Å². The van der Waals surface area contributed by atoms with Crippen molar-refractivity contribution in [1.82, 2.24) is 10.1 Å². The summed E-state index contributed by atoms with van der Waals surface area (Å²) in [6.07, 6.45) is -4.79. The fourth-order valence-electron chi connectivity index (χ4n) is 1.87. The van der Waals surface area contributed by atoms with Gasteiger partial charge in [0, 0.05) is 34.9 Å². The molecule has 1 unspecified atom stereocenters. The summed E-state index contributed by atoms with van der Waals surface area (Å²) in [5.74, 6) is -4.14. The van der Waals surface area contributed by atoms with Crippen molar-refractivity contribution < 1.29 is 31.0 Å². The Morgan fingerprint density at radius 2 is 1.84 bits per heavy atom. The summed E-state index contributed by atoms with van der Waals surface area (Å²) >= 11 is -1.93. The zero-order valence-electron chi connectivity index (χ0n) is 12.0. The highest BCUT2D eigenvalue weighted by Gasteiger charge is 2.38. The van der Waals surface area contributed by atoms with Crippen LogP contribution in [0.15, 0.2) is 50.7 Å². The molecule has 3 rings (SSSR count). The van der Waals surface area contributed by atoms with E-state index in [1.54, 1.807) is 0 Å². The molecule has 0 saturated carbocycles. The molecule has 2 aromatic carbocycles. The van der Waals surface area contributed by atoms with E-state index in [-0.39, 0.29) is 21.2 Å². The molecule has 4 nitrogen and oxygen atoms in total. The van der Waals surface area contributed by atoms with E-state index in [1.807, 2.05) is 0 Å². The smallest absolute Gasteiger partial charge is 0.471 e. The fourth-order valence-corrected chi connectivity index (χ4v) is 2.93. The lowest BCUT2D eigenvalue weighted by Crippen LogP contribution is -2.05. The molecular formula is C15H6F5N2O2S. The summed E-state index contributed by atoms with van der Waals surface area (Å²) in [6.45, 7) is 0. The Hall–Kier alpha value is -2.46. The summed E-state index contributed by atoms with van der Waals surface area (Å²) in [5.41, 5.74) is 0.101. The minimum Gasteiger partial charge on any atom is -0.606 e. The number of nitrogens with zero attached hydrogens (tertiary/aromatic N) is 2. The number of halogens is 5. The molecule has 25 heavy (non-hydrogen) atoms. The first-order valence-corrected chi connectivity index (χ1v) is 7.70. The highest BCUT2D eigenvalue weighted by atomic mass is 32.2. The van der Waals surface area contributed by atoms with Crippen molar-refractivity contribution in [3.63, 3.8) is 0 Å². The zero-order chi connectivity index (χ0) is 18.2. The molecule has 0 fully saturated rings. The third-order valence-corrected chi connectivity index (χ3v) is 4.32. The van der Waals surface area contributed by atoms with Gasteiger partial charge in [-0.15, -0.1) is 0 Å². The maximum atomic E-state index is 13.3. The molecule has 0 N–H and O–H groups in total. The Morgan fingerprint density at radius 1 is 1.08 bits per heavy atom. The largest absolute Gasteiger partial charge is 0.606 e. The Balaban J connectivity index is 1.93. The van der Waals surface area contributed by atoms with Gasteiger partial charge in [-0.2, -0.15) is 18.2 Å². The lowest BCUT2D eigenvalue weighted by Gasteiger charge is -2.10. The second-order valence-corrected chi connectivity index (χ2v) is 6.16. The summed E-state index contributed by atoms with van der Waals surface area (Å²) in [7, 11) is 0. The first kappa shape index (κ1) is 17.4. The Kier molecular flexibility index (Phi) is 4.48. The van der Waals surface area contributed by atoms with Crippen LogP contribution in [-0.2, 0) is 17.4 Å². The van der Waals surface area contributed by atoms with E-state index in [0.717, 1.165) is 18.2 Å². The second-order valence-electron chi connectivity index (χ2n) is 4.71. The van der Waals surface area contributed by atoms with Crippen LogP contribution in [0, 0.1) is 17.7 Å². The van der Waals surface area contributed by atoms with Gasteiger partial charge in [0.05, 0.1) is 0 Å². The van der Waals surface area contributed by atoms with E-state index in [2.05, 4.69) is 20.7 Å². The molecule has 129 valence electrons.